The van der Waals surface area contributed by atoms with Gasteiger partial charge in [0.2, 0.25) is 5.91 Å². The monoisotopic (exact) mass is 270 g/mol. The summed E-state index contributed by atoms with van der Waals surface area (Å²) in [5.41, 5.74) is 5.25. The lowest BCUT2D eigenvalue weighted by atomic mass is 9.84. The van der Waals surface area contributed by atoms with Crippen molar-refractivity contribution in [1.82, 2.24) is 5.32 Å². The van der Waals surface area contributed by atoms with Gasteiger partial charge in [-0.2, -0.15) is 0 Å². The minimum absolute atomic E-state index is 0.0481. The molecule has 0 aliphatic heterocycles. The first-order valence-electron chi connectivity index (χ1n) is 7.08. The Bertz CT molecular complexity index is 307. The maximum absolute atomic E-state index is 12.5. The second-order valence-corrected chi connectivity index (χ2v) is 5.93. The third kappa shape index (κ3) is 3.02. The van der Waals surface area contributed by atoms with Gasteiger partial charge in [-0.3, -0.25) is 4.79 Å². The normalized spacial score (nSPS) is 19.8. The number of thiocarbonyl (C=S) groups is 1. The first kappa shape index (κ1) is 15.4. The summed E-state index contributed by atoms with van der Waals surface area (Å²) >= 11 is 5.14. The van der Waals surface area contributed by atoms with Crippen molar-refractivity contribution >= 4 is 23.1 Å². The molecule has 0 radical (unpaired) electrons. The Morgan fingerprint density at radius 3 is 2.22 bits per heavy atom. The Balaban J connectivity index is 2.71. The van der Waals surface area contributed by atoms with Crippen molar-refractivity contribution < 1.29 is 4.79 Å². The second kappa shape index (κ2) is 6.50. The van der Waals surface area contributed by atoms with E-state index in [2.05, 4.69) is 26.1 Å². The Morgan fingerprint density at radius 2 is 1.83 bits per heavy atom. The van der Waals surface area contributed by atoms with Crippen LogP contribution < -0.4 is 11.1 Å². The first-order valence-corrected chi connectivity index (χ1v) is 7.49. The van der Waals surface area contributed by atoms with Crippen molar-refractivity contribution in [3.63, 3.8) is 0 Å². The van der Waals surface area contributed by atoms with Crippen LogP contribution in [0.4, 0.5) is 0 Å². The standard InChI is InChI=1S/C14H26N2OS/c1-4-11(5-2)10(3)16-13(17)14(12(15)18)8-6-7-9-14/h10-11H,4-9H2,1-3H3,(H2,15,18)(H,16,17). The quantitative estimate of drug-likeness (QED) is 0.730. The number of nitrogens with one attached hydrogen (secondary N) is 1. The molecule has 3 nitrogen and oxygen atoms in total. The van der Waals surface area contributed by atoms with Gasteiger partial charge in [-0.1, -0.05) is 51.7 Å². The van der Waals surface area contributed by atoms with E-state index in [9.17, 15) is 4.79 Å². The molecule has 3 N–H and O–H groups in total. The van der Waals surface area contributed by atoms with E-state index in [1.54, 1.807) is 0 Å². The third-order valence-electron chi connectivity index (χ3n) is 4.48. The van der Waals surface area contributed by atoms with Crippen LogP contribution in [-0.2, 0) is 4.79 Å². The molecule has 1 amide bonds. The SMILES string of the molecule is CCC(CC)C(C)NC(=O)C1(C(N)=S)CCCC1. The fourth-order valence-electron chi connectivity index (χ4n) is 3.02. The maximum Gasteiger partial charge on any atom is 0.233 e. The minimum atomic E-state index is -0.574. The summed E-state index contributed by atoms with van der Waals surface area (Å²) in [6.07, 6.45) is 5.87. The topological polar surface area (TPSA) is 55.1 Å². The van der Waals surface area contributed by atoms with Gasteiger partial charge in [-0.25, -0.2) is 0 Å². The molecule has 4 heteroatoms. The molecule has 1 unspecified atom stereocenters. The number of carbonyl (C=O) groups is 1. The van der Waals surface area contributed by atoms with Gasteiger partial charge in [0.05, 0.1) is 10.4 Å². The predicted octanol–water partition coefficient (Wildman–Crippen LogP) is 2.77. The molecule has 0 spiro atoms. The highest BCUT2D eigenvalue weighted by molar-refractivity contribution is 7.80. The van der Waals surface area contributed by atoms with E-state index in [0.717, 1.165) is 38.5 Å². The average molecular weight is 270 g/mol. The van der Waals surface area contributed by atoms with E-state index in [1.165, 1.54) is 0 Å². The minimum Gasteiger partial charge on any atom is -0.392 e. The molecule has 0 bridgehead atoms. The molecule has 104 valence electrons. The van der Waals surface area contributed by atoms with Crippen molar-refractivity contribution in [1.29, 1.82) is 0 Å². The van der Waals surface area contributed by atoms with Crippen molar-refractivity contribution in [2.45, 2.75) is 65.3 Å². The van der Waals surface area contributed by atoms with Crippen LogP contribution in [0.5, 0.6) is 0 Å². The van der Waals surface area contributed by atoms with Gasteiger partial charge >= 0.3 is 0 Å². The maximum atomic E-state index is 12.5. The van der Waals surface area contributed by atoms with Gasteiger partial charge in [0.1, 0.15) is 0 Å². The molecule has 1 saturated carbocycles. The molecule has 0 aromatic rings. The van der Waals surface area contributed by atoms with Crippen LogP contribution in [0.15, 0.2) is 0 Å². The summed E-state index contributed by atoms with van der Waals surface area (Å²) in [6.45, 7) is 6.41. The Kier molecular flexibility index (Phi) is 5.57. The smallest absolute Gasteiger partial charge is 0.233 e. The molecule has 0 saturated heterocycles. The molecule has 0 aromatic carbocycles. The van der Waals surface area contributed by atoms with E-state index in [4.69, 9.17) is 18.0 Å². The number of carbonyl (C=O) groups excluding carboxylic acids is 1. The van der Waals surface area contributed by atoms with Crippen LogP contribution in [0.1, 0.15) is 59.3 Å². The summed E-state index contributed by atoms with van der Waals surface area (Å²) in [5.74, 6) is 0.575. The van der Waals surface area contributed by atoms with Crippen LogP contribution in [0.25, 0.3) is 0 Å². The molecule has 1 atom stereocenters. The van der Waals surface area contributed by atoms with Crippen molar-refractivity contribution in [2.75, 3.05) is 0 Å². The van der Waals surface area contributed by atoms with Crippen LogP contribution in [-0.4, -0.2) is 16.9 Å². The van der Waals surface area contributed by atoms with Crippen LogP contribution in [0.3, 0.4) is 0 Å². The van der Waals surface area contributed by atoms with E-state index in [0.29, 0.717) is 10.9 Å². The van der Waals surface area contributed by atoms with E-state index >= 15 is 0 Å². The van der Waals surface area contributed by atoms with Gasteiger partial charge < -0.3 is 11.1 Å². The molecule has 1 aliphatic rings. The first-order chi connectivity index (χ1) is 8.47. The predicted molar refractivity (Wildman–Crippen MR) is 79.4 cm³/mol. The van der Waals surface area contributed by atoms with Gasteiger partial charge in [-0.15, -0.1) is 0 Å². The molecule has 1 fully saturated rings. The molecule has 18 heavy (non-hydrogen) atoms. The van der Waals surface area contributed by atoms with Crippen molar-refractivity contribution in [2.24, 2.45) is 17.1 Å². The fraction of sp³-hybridized carbons (Fsp3) is 0.857. The number of rotatable bonds is 6. The fourth-order valence-corrected chi connectivity index (χ4v) is 3.32. The average Bonchev–Trinajstić information content (AvgIpc) is 2.80. The van der Waals surface area contributed by atoms with Crippen LogP contribution in [0, 0.1) is 11.3 Å². The highest BCUT2D eigenvalue weighted by atomic mass is 32.1. The van der Waals surface area contributed by atoms with Crippen molar-refractivity contribution in [3.05, 3.63) is 0 Å². The largest absolute Gasteiger partial charge is 0.392 e. The summed E-state index contributed by atoms with van der Waals surface area (Å²) in [6, 6.07) is 0.194. The molecular weight excluding hydrogens is 244 g/mol. The lowest BCUT2D eigenvalue weighted by molar-refractivity contribution is -0.128. The summed E-state index contributed by atoms with van der Waals surface area (Å²) in [7, 11) is 0. The summed E-state index contributed by atoms with van der Waals surface area (Å²) in [4.78, 5) is 12.8. The zero-order chi connectivity index (χ0) is 13.8. The summed E-state index contributed by atoms with van der Waals surface area (Å²) in [5, 5.41) is 3.14. The zero-order valence-corrected chi connectivity index (χ0v) is 12.6. The van der Waals surface area contributed by atoms with Crippen molar-refractivity contribution in [3.8, 4) is 0 Å². The van der Waals surface area contributed by atoms with Gasteiger partial charge in [0, 0.05) is 6.04 Å². The Labute approximate surface area is 116 Å². The molecule has 1 aliphatic carbocycles. The van der Waals surface area contributed by atoms with E-state index in [1.807, 2.05) is 0 Å². The van der Waals surface area contributed by atoms with Gasteiger partial charge in [0.15, 0.2) is 0 Å². The Hall–Kier alpha value is -0.640. The molecular formula is C14H26N2OS. The number of hydrogen-bond acceptors (Lipinski definition) is 2. The van der Waals surface area contributed by atoms with E-state index in [-0.39, 0.29) is 11.9 Å². The third-order valence-corrected chi connectivity index (χ3v) is 4.87. The molecule has 0 aromatic heterocycles. The van der Waals surface area contributed by atoms with Gasteiger partial charge in [0.25, 0.3) is 0 Å². The zero-order valence-electron chi connectivity index (χ0n) is 11.8. The van der Waals surface area contributed by atoms with Crippen LogP contribution in [0.2, 0.25) is 0 Å². The summed E-state index contributed by atoms with van der Waals surface area (Å²) < 4.78 is 0. The highest BCUT2D eigenvalue weighted by Crippen LogP contribution is 2.39. The number of hydrogen-bond donors (Lipinski definition) is 2. The molecule has 1 rings (SSSR count). The Morgan fingerprint density at radius 1 is 1.33 bits per heavy atom. The number of amides is 1. The lowest BCUT2D eigenvalue weighted by Gasteiger charge is -2.30. The lowest BCUT2D eigenvalue weighted by Crippen LogP contribution is -2.51. The van der Waals surface area contributed by atoms with E-state index < -0.39 is 5.41 Å². The second-order valence-electron chi connectivity index (χ2n) is 5.49. The number of nitrogens with two attached hydrogens (primary N) is 1. The van der Waals surface area contributed by atoms with Gasteiger partial charge in [-0.05, 0) is 25.7 Å². The van der Waals surface area contributed by atoms with Crippen LogP contribution >= 0.6 is 12.2 Å². The highest BCUT2D eigenvalue weighted by Gasteiger charge is 2.44. The molecule has 0 heterocycles.